The number of anilines is 2. The number of aryl methyl sites for hydroxylation is 2. The van der Waals surface area contributed by atoms with E-state index in [4.69, 9.17) is 10.1 Å². The van der Waals surface area contributed by atoms with Gasteiger partial charge in [-0.3, -0.25) is 9.67 Å². The van der Waals surface area contributed by atoms with Crippen molar-refractivity contribution in [1.29, 1.82) is 0 Å². The Bertz CT molecular complexity index is 1270. The normalized spacial score (nSPS) is 22.0. The molecule has 0 radical (unpaired) electrons. The van der Waals surface area contributed by atoms with Crippen molar-refractivity contribution in [3.05, 3.63) is 47.9 Å². The first kappa shape index (κ1) is 20.1. The van der Waals surface area contributed by atoms with Crippen molar-refractivity contribution in [1.82, 2.24) is 24.7 Å². The molecule has 2 atom stereocenters. The van der Waals surface area contributed by atoms with Crippen LogP contribution in [-0.2, 0) is 7.05 Å². The number of hydrogen-bond acceptors (Lipinski definition) is 6. The molecule has 2 N–H and O–H groups in total. The van der Waals surface area contributed by atoms with Gasteiger partial charge in [-0.2, -0.15) is 5.10 Å². The van der Waals surface area contributed by atoms with Crippen molar-refractivity contribution in [2.24, 2.45) is 7.05 Å². The molecule has 8 heteroatoms. The molecule has 0 spiro atoms. The lowest BCUT2D eigenvalue weighted by molar-refractivity contribution is 0.534. The molecule has 4 heterocycles. The summed E-state index contributed by atoms with van der Waals surface area (Å²) >= 11 is 0. The van der Waals surface area contributed by atoms with Crippen LogP contribution in [0.3, 0.4) is 0 Å². The molecule has 7 nitrogen and oxygen atoms in total. The summed E-state index contributed by atoms with van der Waals surface area (Å²) in [6.07, 6.45) is 6.75. The number of benzene rings is 1. The second-order valence-corrected chi connectivity index (χ2v) is 13.0. The van der Waals surface area contributed by atoms with E-state index >= 15 is 0 Å². The van der Waals surface area contributed by atoms with Crippen molar-refractivity contribution in [3.8, 4) is 0 Å². The van der Waals surface area contributed by atoms with Gasteiger partial charge in [-0.15, -0.1) is 0 Å². The maximum Gasteiger partial charge on any atom is 0.227 e. The van der Waals surface area contributed by atoms with Crippen LogP contribution >= 0.6 is 0 Å². The van der Waals surface area contributed by atoms with Crippen LogP contribution in [0.25, 0.3) is 21.9 Å². The number of hydrogen-bond donors (Lipinski definition) is 2. The van der Waals surface area contributed by atoms with Gasteiger partial charge in [0.25, 0.3) is 0 Å². The van der Waals surface area contributed by atoms with Gasteiger partial charge in [0, 0.05) is 30.2 Å². The Morgan fingerprint density at radius 3 is 2.94 bits per heavy atom. The van der Waals surface area contributed by atoms with E-state index in [0.717, 1.165) is 70.2 Å². The number of nitrogens with zero attached hydrogens (tertiary/aromatic N) is 5. The van der Waals surface area contributed by atoms with Gasteiger partial charge >= 0.3 is 0 Å². The van der Waals surface area contributed by atoms with Gasteiger partial charge < -0.3 is 10.1 Å². The summed E-state index contributed by atoms with van der Waals surface area (Å²) in [6.45, 7) is 4.14. The summed E-state index contributed by atoms with van der Waals surface area (Å²) < 4.78 is 1.88. The fourth-order valence-corrected chi connectivity index (χ4v) is 6.82. The standard InChI is InChI=1S/C23H28N6OSi/c1-15-12-19-17(6-4-9-24-19)13-18(15)26-23-25-14-20-22(27-23)21(28-29(20)2)16-7-5-10-31(3,30)11-8-16/h4,6,9,12-14,16,30H,5,7-8,10-11H2,1-3H3,(H,25,26,27). The van der Waals surface area contributed by atoms with Crippen molar-refractivity contribution in [2.75, 3.05) is 5.32 Å². The topological polar surface area (TPSA) is 88.8 Å². The molecule has 31 heavy (non-hydrogen) atoms. The summed E-state index contributed by atoms with van der Waals surface area (Å²) in [5.41, 5.74) is 5.93. The fourth-order valence-electron chi connectivity index (χ4n) is 4.64. The third kappa shape index (κ3) is 3.93. The first-order valence-corrected chi connectivity index (χ1v) is 13.8. The minimum absolute atomic E-state index is 0.335. The van der Waals surface area contributed by atoms with Crippen molar-refractivity contribution in [3.63, 3.8) is 0 Å². The molecule has 1 aliphatic heterocycles. The summed E-state index contributed by atoms with van der Waals surface area (Å²) in [6, 6.07) is 10.1. The Labute approximate surface area is 182 Å². The quantitative estimate of drug-likeness (QED) is 0.452. The van der Waals surface area contributed by atoms with Crippen LogP contribution in [0.5, 0.6) is 0 Å². The van der Waals surface area contributed by atoms with E-state index in [1.54, 1.807) is 0 Å². The molecule has 0 saturated carbocycles. The molecule has 1 fully saturated rings. The largest absolute Gasteiger partial charge is 0.432 e. The highest BCUT2D eigenvalue weighted by Crippen LogP contribution is 2.37. The maximum absolute atomic E-state index is 10.6. The van der Waals surface area contributed by atoms with E-state index in [1.165, 1.54) is 0 Å². The summed E-state index contributed by atoms with van der Waals surface area (Å²) in [5, 5.41) is 9.30. The minimum Gasteiger partial charge on any atom is -0.432 e. The maximum atomic E-state index is 10.6. The molecular weight excluding hydrogens is 404 g/mol. The zero-order valence-corrected chi connectivity index (χ0v) is 19.3. The van der Waals surface area contributed by atoms with Crippen LogP contribution in [0.1, 0.15) is 36.4 Å². The highest BCUT2D eigenvalue weighted by Gasteiger charge is 2.31. The van der Waals surface area contributed by atoms with Crippen LogP contribution in [0.15, 0.2) is 36.7 Å². The van der Waals surface area contributed by atoms with Gasteiger partial charge in [0.15, 0.2) is 8.32 Å². The van der Waals surface area contributed by atoms with Gasteiger partial charge in [-0.1, -0.05) is 12.5 Å². The molecule has 5 rings (SSSR count). The molecule has 160 valence electrons. The number of nitrogens with one attached hydrogen (secondary N) is 1. The smallest absolute Gasteiger partial charge is 0.227 e. The predicted octanol–water partition coefficient (Wildman–Crippen LogP) is 4.80. The third-order valence-electron chi connectivity index (χ3n) is 6.50. The molecular formula is C23H28N6OSi. The number of pyridine rings is 1. The van der Waals surface area contributed by atoms with Gasteiger partial charge in [0.1, 0.15) is 11.0 Å². The molecule has 0 bridgehead atoms. The van der Waals surface area contributed by atoms with Crippen molar-refractivity contribution < 1.29 is 4.80 Å². The van der Waals surface area contributed by atoms with E-state index in [0.29, 0.717) is 11.9 Å². The molecule has 1 saturated heterocycles. The summed E-state index contributed by atoms with van der Waals surface area (Å²) in [4.78, 5) is 24.5. The highest BCUT2D eigenvalue weighted by atomic mass is 28.4. The molecule has 1 aromatic carbocycles. The zero-order chi connectivity index (χ0) is 21.6. The fraction of sp³-hybridized carbons (Fsp3) is 0.391. The van der Waals surface area contributed by atoms with Gasteiger partial charge in [0.05, 0.1) is 17.4 Å². The zero-order valence-electron chi connectivity index (χ0n) is 18.3. The molecule has 3 aromatic heterocycles. The molecule has 1 aliphatic rings. The lowest BCUT2D eigenvalue weighted by Crippen LogP contribution is -2.28. The van der Waals surface area contributed by atoms with Crippen LogP contribution in [0, 0.1) is 6.92 Å². The Morgan fingerprint density at radius 2 is 2.06 bits per heavy atom. The monoisotopic (exact) mass is 432 g/mol. The summed E-state index contributed by atoms with van der Waals surface area (Å²) in [5.74, 6) is 0.907. The van der Waals surface area contributed by atoms with E-state index in [2.05, 4.69) is 47.0 Å². The SMILES string of the molecule is Cc1cc2ncccc2cc1Nc1ncc2c(n1)c(C1CCC[Si](C)(O)CC1)nn2C. The van der Waals surface area contributed by atoms with Crippen LogP contribution in [0.4, 0.5) is 11.6 Å². The predicted molar refractivity (Wildman–Crippen MR) is 126 cm³/mol. The van der Waals surface area contributed by atoms with Crippen LogP contribution in [-0.4, -0.2) is 37.8 Å². The average Bonchev–Trinajstić information content (AvgIpc) is 2.95. The van der Waals surface area contributed by atoms with Crippen molar-refractivity contribution >= 4 is 41.9 Å². The number of rotatable bonds is 3. The molecule has 2 unspecified atom stereocenters. The average molecular weight is 433 g/mol. The van der Waals surface area contributed by atoms with Crippen LogP contribution < -0.4 is 5.32 Å². The Kier molecular flexibility index (Phi) is 4.98. The third-order valence-corrected chi connectivity index (χ3v) is 9.30. The number of aromatic nitrogens is 5. The van der Waals surface area contributed by atoms with E-state index < -0.39 is 8.32 Å². The minimum atomic E-state index is -2.05. The Morgan fingerprint density at radius 1 is 1.19 bits per heavy atom. The Hall–Kier alpha value is -2.84. The summed E-state index contributed by atoms with van der Waals surface area (Å²) in [7, 11) is -0.103. The second-order valence-electron chi connectivity index (χ2n) is 9.05. The molecule has 4 aromatic rings. The second kappa shape index (κ2) is 7.69. The Balaban J connectivity index is 1.50. The first-order valence-electron chi connectivity index (χ1n) is 10.9. The van der Waals surface area contributed by atoms with E-state index in [1.807, 2.05) is 30.2 Å². The van der Waals surface area contributed by atoms with Gasteiger partial charge in [-0.25, -0.2) is 9.97 Å². The lowest BCUT2D eigenvalue weighted by atomic mass is 9.96. The molecule has 0 amide bonds. The molecule has 0 aliphatic carbocycles. The first-order chi connectivity index (χ1) is 14.9. The van der Waals surface area contributed by atoms with E-state index in [-0.39, 0.29) is 0 Å². The van der Waals surface area contributed by atoms with E-state index in [9.17, 15) is 4.80 Å². The van der Waals surface area contributed by atoms with Crippen LogP contribution in [0.2, 0.25) is 18.6 Å². The number of fused-ring (bicyclic) bond motifs is 2. The van der Waals surface area contributed by atoms with Gasteiger partial charge in [0.2, 0.25) is 5.95 Å². The highest BCUT2D eigenvalue weighted by molar-refractivity contribution is 6.71. The van der Waals surface area contributed by atoms with Gasteiger partial charge in [-0.05, 0) is 62.2 Å². The van der Waals surface area contributed by atoms with Crippen molar-refractivity contribution in [2.45, 2.75) is 50.7 Å². The lowest BCUT2D eigenvalue weighted by Gasteiger charge is -2.17.